The predicted molar refractivity (Wildman–Crippen MR) is 104 cm³/mol. The van der Waals surface area contributed by atoms with Gasteiger partial charge in [0.25, 0.3) is 0 Å². The SMILES string of the molecule is CC(CC(OC(=O)C=CC(=O)O)(c1ccccc1)c1ccccc1)N(C)C. The third-order valence-corrected chi connectivity index (χ3v) is 4.58. The summed E-state index contributed by atoms with van der Waals surface area (Å²) < 4.78 is 5.97. The average Bonchev–Trinajstić information content (AvgIpc) is 2.67. The molecule has 1 N–H and O–H groups in total. The lowest BCUT2D eigenvalue weighted by molar-refractivity contribution is -0.152. The molecule has 0 amide bonds. The number of hydrogen-bond acceptors (Lipinski definition) is 4. The molecule has 1 atom stereocenters. The molecule has 0 saturated heterocycles. The van der Waals surface area contributed by atoms with Crippen molar-refractivity contribution < 1.29 is 19.4 Å². The standard InChI is InChI=1S/C22H25NO4/c1-17(23(2)3)16-22(18-10-6-4-7-11-18,19-12-8-5-9-13-19)27-21(26)15-14-20(24)25/h4-15,17H,16H2,1-3H3,(H,24,25). The monoisotopic (exact) mass is 367 g/mol. The van der Waals surface area contributed by atoms with E-state index in [0.717, 1.165) is 23.3 Å². The largest absolute Gasteiger partial charge is 0.478 e. The maximum atomic E-state index is 12.5. The Hall–Kier alpha value is -2.92. The summed E-state index contributed by atoms with van der Waals surface area (Å²) >= 11 is 0. The van der Waals surface area contributed by atoms with Gasteiger partial charge in [-0.05, 0) is 21.0 Å². The molecule has 2 rings (SSSR count). The van der Waals surface area contributed by atoms with Crippen LogP contribution in [0.2, 0.25) is 0 Å². The predicted octanol–water partition coefficient (Wildman–Crippen LogP) is 3.45. The number of nitrogens with zero attached hydrogens (tertiary/aromatic N) is 1. The fourth-order valence-corrected chi connectivity index (χ4v) is 2.92. The van der Waals surface area contributed by atoms with E-state index in [1.807, 2.05) is 74.8 Å². The van der Waals surface area contributed by atoms with Crippen molar-refractivity contribution in [3.05, 3.63) is 83.9 Å². The van der Waals surface area contributed by atoms with Crippen molar-refractivity contribution in [2.75, 3.05) is 14.1 Å². The van der Waals surface area contributed by atoms with Crippen LogP contribution in [0.5, 0.6) is 0 Å². The molecule has 0 fully saturated rings. The molecular formula is C22H25NO4. The number of aliphatic carboxylic acids is 1. The third kappa shape index (κ3) is 5.28. The highest BCUT2D eigenvalue weighted by Crippen LogP contribution is 2.39. The minimum absolute atomic E-state index is 0.0988. The van der Waals surface area contributed by atoms with E-state index in [1.54, 1.807) is 0 Å². The molecule has 0 aliphatic rings. The van der Waals surface area contributed by atoms with Crippen molar-refractivity contribution in [1.82, 2.24) is 4.90 Å². The normalized spacial score (nSPS) is 12.9. The molecule has 0 aliphatic carbocycles. The third-order valence-electron chi connectivity index (χ3n) is 4.58. The van der Waals surface area contributed by atoms with E-state index in [0.29, 0.717) is 6.42 Å². The molecule has 0 aromatic heterocycles. The summed E-state index contributed by atoms with van der Waals surface area (Å²) in [7, 11) is 3.94. The van der Waals surface area contributed by atoms with Crippen LogP contribution in [-0.2, 0) is 19.9 Å². The molecule has 0 radical (unpaired) electrons. The Balaban J connectivity index is 2.58. The number of carbonyl (C=O) groups excluding carboxylic acids is 1. The van der Waals surface area contributed by atoms with Crippen LogP contribution >= 0.6 is 0 Å². The van der Waals surface area contributed by atoms with Gasteiger partial charge >= 0.3 is 11.9 Å². The Kier molecular flexibility index (Phi) is 6.91. The van der Waals surface area contributed by atoms with Gasteiger partial charge in [0.1, 0.15) is 0 Å². The van der Waals surface area contributed by atoms with Crippen LogP contribution in [0.25, 0.3) is 0 Å². The zero-order chi connectivity index (χ0) is 19.9. The van der Waals surface area contributed by atoms with E-state index in [2.05, 4.69) is 11.8 Å². The summed E-state index contributed by atoms with van der Waals surface area (Å²) in [6, 6.07) is 19.2. The van der Waals surface area contributed by atoms with Crippen LogP contribution in [0.4, 0.5) is 0 Å². The van der Waals surface area contributed by atoms with Crippen LogP contribution in [0.3, 0.4) is 0 Å². The molecule has 142 valence electrons. The smallest absolute Gasteiger partial charge is 0.332 e. The van der Waals surface area contributed by atoms with Crippen LogP contribution < -0.4 is 0 Å². The van der Waals surface area contributed by atoms with Crippen molar-refractivity contribution in [1.29, 1.82) is 0 Å². The summed E-state index contributed by atoms with van der Waals surface area (Å²) in [6.07, 6.45) is 2.25. The number of esters is 1. The van der Waals surface area contributed by atoms with Gasteiger partial charge in [0, 0.05) is 35.7 Å². The van der Waals surface area contributed by atoms with Gasteiger partial charge in [0.05, 0.1) is 0 Å². The van der Waals surface area contributed by atoms with E-state index < -0.39 is 17.5 Å². The molecule has 2 aromatic rings. The second-order valence-corrected chi connectivity index (χ2v) is 6.67. The topological polar surface area (TPSA) is 66.8 Å². The zero-order valence-electron chi connectivity index (χ0n) is 15.8. The minimum Gasteiger partial charge on any atom is -0.478 e. The number of carbonyl (C=O) groups is 2. The van der Waals surface area contributed by atoms with E-state index in [9.17, 15) is 9.59 Å². The molecular weight excluding hydrogens is 342 g/mol. The lowest BCUT2D eigenvalue weighted by Crippen LogP contribution is -2.40. The zero-order valence-corrected chi connectivity index (χ0v) is 15.8. The van der Waals surface area contributed by atoms with Gasteiger partial charge in [-0.3, -0.25) is 0 Å². The lowest BCUT2D eigenvalue weighted by atomic mass is 9.81. The van der Waals surface area contributed by atoms with Gasteiger partial charge in [-0.15, -0.1) is 0 Å². The Morgan fingerprint density at radius 2 is 1.48 bits per heavy atom. The van der Waals surface area contributed by atoms with Gasteiger partial charge in [0.15, 0.2) is 5.60 Å². The number of rotatable bonds is 8. The Bertz CT molecular complexity index is 745. The maximum Gasteiger partial charge on any atom is 0.332 e. The highest BCUT2D eigenvalue weighted by Gasteiger charge is 2.39. The Labute approximate surface area is 159 Å². The Morgan fingerprint density at radius 1 is 1.00 bits per heavy atom. The molecule has 5 nitrogen and oxygen atoms in total. The average molecular weight is 367 g/mol. The van der Waals surface area contributed by atoms with Crippen molar-refractivity contribution in [3.8, 4) is 0 Å². The number of hydrogen-bond donors (Lipinski definition) is 1. The van der Waals surface area contributed by atoms with Gasteiger partial charge in [-0.25, -0.2) is 9.59 Å². The highest BCUT2D eigenvalue weighted by atomic mass is 16.6. The van der Waals surface area contributed by atoms with Crippen molar-refractivity contribution in [2.24, 2.45) is 0 Å². The summed E-state index contributed by atoms with van der Waals surface area (Å²) in [4.78, 5) is 25.3. The van der Waals surface area contributed by atoms with E-state index in [4.69, 9.17) is 9.84 Å². The second kappa shape index (κ2) is 9.14. The van der Waals surface area contributed by atoms with Crippen LogP contribution in [0.15, 0.2) is 72.8 Å². The molecule has 2 aromatic carbocycles. The molecule has 0 bridgehead atoms. The fraction of sp³-hybridized carbons (Fsp3) is 0.273. The second-order valence-electron chi connectivity index (χ2n) is 6.67. The first-order valence-electron chi connectivity index (χ1n) is 8.76. The molecule has 0 heterocycles. The van der Waals surface area contributed by atoms with Gasteiger partial charge in [0.2, 0.25) is 0 Å². The first kappa shape index (κ1) is 20.4. The molecule has 0 aliphatic heterocycles. The summed E-state index contributed by atoms with van der Waals surface area (Å²) in [5.41, 5.74) is 0.635. The fourth-order valence-electron chi connectivity index (χ4n) is 2.92. The van der Waals surface area contributed by atoms with Crippen molar-refractivity contribution in [2.45, 2.75) is 25.0 Å². The number of carboxylic acid groups (broad SMARTS) is 1. The molecule has 1 unspecified atom stereocenters. The first-order valence-corrected chi connectivity index (χ1v) is 8.76. The Morgan fingerprint density at radius 3 is 1.89 bits per heavy atom. The molecule has 5 heteroatoms. The molecule has 0 saturated carbocycles. The van der Waals surface area contributed by atoms with Crippen LogP contribution in [0.1, 0.15) is 24.5 Å². The quantitative estimate of drug-likeness (QED) is 0.572. The summed E-state index contributed by atoms with van der Waals surface area (Å²) in [5.74, 6) is -1.89. The van der Waals surface area contributed by atoms with Gasteiger partial charge < -0.3 is 14.7 Å². The van der Waals surface area contributed by atoms with E-state index in [-0.39, 0.29) is 6.04 Å². The summed E-state index contributed by atoms with van der Waals surface area (Å²) in [6.45, 7) is 2.06. The summed E-state index contributed by atoms with van der Waals surface area (Å²) in [5, 5.41) is 8.81. The number of carboxylic acids is 1. The van der Waals surface area contributed by atoms with Gasteiger partial charge in [-0.1, -0.05) is 60.7 Å². The molecule has 27 heavy (non-hydrogen) atoms. The molecule has 0 spiro atoms. The number of benzene rings is 2. The highest BCUT2D eigenvalue weighted by molar-refractivity contribution is 5.91. The van der Waals surface area contributed by atoms with Crippen LogP contribution in [-0.4, -0.2) is 42.1 Å². The van der Waals surface area contributed by atoms with Crippen molar-refractivity contribution >= 4 is 11.9 Å². The van der Waals surface area contributed by atoms with E-state index in [1.165, 1.54) is 0 Å². The first-order chi connectivity index (χ1) is 12.8. The van der Waals surface area contributed by atoms with Gasteiger partial charge in [-0.2, -0.15) is 0 Å². The lowest BCUT2D eigenvalue weighted by Gasteiger charge is -2.38. The minimum atomic E-state index is -1.20. The van der Waals surface area contributed by atoms with Crippen molar-refractivity contribution in [3.63, 3.8) is 0 Å². The number of ether oxygens (including phenoxy) is 1. The van der Waals surface area contributed by atoms with Crippen LogP contribution in [0, 0.1) is 0 Å². The van der Waals surface area contributed by atoms with E-state index >= 15 is 0 Å². The maximum absolute atomic E-state index is 12.5.